The van der Waals surface area contributed by atoms with E-state index in [0.717, 1.165) is 24.2 Å². The maximum absolute atomic E-state index is 13.3. The molecule has 0 saturated carbocycles. The first-order valence-electron chi connectivity index (χ1n) is 10.7. The Kier molecular flexibility index (Phi) is 6.09. The largest absolute Gasteiger partial charge is 0.383 e. The average Bonchev–Trinajstić information content (AvgIpc) is 3.02. The Morgan fingerprint density at radius 1 is 0.839 bits per heavy atom. The van der Waals surface area contributed by atoms with Crippen molar-refractivity contribution in [3.63, 3.8) is 0 Å². The van der Waals surface area contributed by atoms with Crippen LogP contribution in [0.15, 0.2) is 54.2 Å². The number of piperazine rings is 1. The minimum atomic E-state index is -0.234. The summed E-state index contributed by atoms with van der Waals surface area (Å²) < 4.78 is 5.13. The fraction of sp³-hybridized carbons (Fsp3) is 0.360. The van der Waals surface area contributed by atoms with Crippen LogP contribution in [0.5, 0.6) is 0 Å². The molecule has 1 fully saturated rings. The van der Waals surface area contributed by atoms with Crippen molar-refractivity contribution in [2.75, 3.05) is 51.3 Å². The van der Waals surface area contributed by atoms with Gasteiger partial charge in [-0.3, -0.25) is 14.5 Å². The average molecular weight is 420 g/mol. The van der Waals surface area contributed by atoms with E-state index in [2.05, 4.69) is 41.0 Å². The Morgan fingerprint density at radius 3 is 2.16 bits per heavy atom. The van der Waals surface area contributed by atoms with E-state index in [1.807, 2.05) is 31.2 Å². The van der Waals surface area contributed by atoms with Crippen molar-refractivity contribution in [3.8, 4) is 0 Å². The molecule has 0 bridgehead atoms. The first-order chi connectivity index (χ1) is 15.0. The monoisotopic (exact) mass is 419 g/mol. The highest BCUT2D eigenvalue weighted by Crippen LogP contribution is 2.32. The van der Waals surface area contributed by atoms with Gasteiger partial charge in [0, 0.05) is 39.0 Å². The number of hydrogen-bond donors (Lipinski definition) is 0. The zero-order valence-electron chi connectivity index (χ0n) is 18.4. The molecule has 0 aromatic heterocycles. The van der Waals surface area contributed by atoms with Gasteiger partial charge in [-0.1, -0.05) is 42.0 Å². The van der Waals surface area contributed by atoms with E-state index in [4.69, 9.17) is 4.74 Å². The second-order valence-corrected chi connectivity index (χ2v) is 8.16. The molecule has 2 heterocycles. The van der Waals surface area contributed by atoms with Crippen molar-refractivity contribution in [1.82, 2.24) is 9.80 Å². The van der Waals surface area contributed by atoms with E-state index in [1.54, 1.807) is 7.11 Å². The lowest BCUT2D eigenvalue weighted by atomic mass is 10.0. The summed E-state index contributed by atoms with van der Waals surface area (Å²) in [7, 11) is 1.57. The molecule has 6 heteroatoms. The summed E-state index contributed by atoms with van der Waals surface area (Å²) >= 11 is 0. The second kappa shape index (κ2) is 8.94. The third-order valence-corrected chi connectivity index (χ3v) is 5.97. The molecule has 2 amide bonds. The molecular formula is C25H29N3O3. The Labute approximate surface area is 183 Å². The van der Waals surface area contributed by atoms with Gasteiger partial charge >= 0.3 is 0 Å². The van der Waals surface area contributed by atoms with Gasteiger partial charge in [0.25, 0.3) is 11.8 Å². The summed E-state index contributed by atoms with van der Waals surface area (Å²) in [5.74, 6) is -0.455. The summed E-state index contributed by atoms with van der Waals surface area (Å²) in [4.78, 5) is 32.3. The van der Waals surface area contributed by atoms with Crippen LogP contribution in [0.25, 0.3) is 5.57 Å². The van der Waals surface area contributed by atoms with Crippen LogP contribution in [0.2, 0.25) is 0 Å². The molecule has 31 heavy (non-hydrogen) atoms. The first kappa shape index (κ1) is 21.1. The maximum Gasteiger partial charge on any atom is 0.277 e. The van der Waals surface area contributed by atoms with Crippen molar-refractivity contribution in [3.05, 3.63) is 70.9 Å². The molecule has 2 aromatic rings. The van der Waals surface area contributed by atoms with Gasteiger partial charge in [0.2, 0.25) is 0 Å². The van der Waals surface area contributed by atoms with E-state index in [-0.39, 0.29) is 18.4 Å². The minimum absolute atomic E-state index is 0.221. The number of methoxy groups -OCH3 is 1. The van der Waals surface area contributed by atoms with Crippen LogP contribution < -0.4 is 4.90 Å². The summed E-state index contributed by atoms with van der Waals surface area (Å²) in [5, 5.41) is 0. The van der Waals surface area contributed by atoms with Crippen molar-refractivity contribution < 1.29 is 14.3 Å². The molecule has 6 nitrogen and oxygen atoms in total. The van der Waals surface area contributed by atoms with E-state index < -0.39 is 0 Å². The minimum Gasteiger partial charge on any atom is -0.383 e. The molecule has 2 aromatic carbocycles. The van der Waals surface area contributed by atoms with Gasteiger partial charge in [0.1, 0.15) is 5.70 Å². The molecule has 0 radical (unpaired) electrons. The van der Waals surface area contributed by atoms with Gasteiger partial charge in [0.15, 0.2) is 0 Å². The van der Waals surface area contributed by atoms with Crippen LogP contribution in [-0.2, 0) is 14.3 Å². The molecule has 0 unspecified atom stereocenters. The summed E-state index contributed by atoms with van der Waals surface area (Å²) in [6.07, 6.45) is 0. The number of carbonyl (C=O) groups excluding carboxylic acids is 2. The zero-order valence-corrected chi connectivity index (χ0v) is 18.4. The van der Waals surface area contributed by atoms with E-state index >= 15 is 0 Å². The molecule has 2 aliphatic rings. The number of amides is 2. The highest BCUT2D eigenvalue weighted by molar-refractivity contribution is 6.35. The van der Waals surface area contributed by atoms with Crippen molar-refractivity contribution in [1.29, 1.82) is 0 Å². The van der Waals surface area contributed by atoms with Gasteiger partial charge < -0.3 is 14.5 Å². The van der Waals surface area contributed by atoms with Crippen LogP contribution in [0.3, 0.4) is 0 Å². The quantitative estimate of drug-likeness (QED) is 0.674. The lowest BCUT2D eigenvalue weighted by molar-refractivity contribution is -0.138. The molecule has 1 saturated heterocycles. The smallest absolute Gasteiger partial charge is 0.277 e. The van der Waals surface area contributed by atoms with Gasteiger partial charge in [-0.2, -0.15) is 0 Å². The third-order valence-electron chi connectivity index (χ3n) is 5.97. The molecule has 0 aliphatic carbocycles. The normalized spacial score (nSPS) is 17.2. The SMILES string of the molecule is COCCN1C(=O)C(c2ccc(C)cc2)=C(N2CCN(c3cccc(C)c3)CC2)C1=O. The number of hydrogen-bond acceptors (Lipinski definition) is 5. The number of rotatable bonds is 6. The van der Waals surface area contributed by atoms with Crippen molar-refractivity contribution in [2.45, 2.75) is 13.8 Å². The standard InChI is InChI=1S/C25H29N3O3/c1-18-7-9-20(10-8-18)22-23(25(30)28(24(22)29)15-16-31-3)27-13-11-26(12-14-27)21-6-4-5-19(2)17-21/h4-10,17H,11-16H2,1-3H3. The number of aryl methyl sites for hydroxylation is 2. The number of imide groups is 1. The molecule has 0 N–H and O–H groups in total. The molecule has 162 valence electrons. The summed E-state index contributed by atoms with van der Waals surface area (Å²) in [5.41, 5.74) is 5.36. The van der Waals surface area contributed by atoms with E-state index in [0.29, 0.717) is 31.0 Å². The zero-order chi connectivity index (χ0) is 22.0. The van der Waals surface area contributed by atoms with Crippen LogP contribution in [0.4, 0.5) is 5.69 Å². The van der Waals surface area contributed by atoms with Gasteiger partial charge in [-0.25, -0.2) is 0 Å². The molecule has 4 rings (SSSR count). The lowest BCUT2D eigenvalue weighted by Gasteiger charge is -2.37. The Bertz CT molecular complexity index is 1000. The number of ether oxygens (including phenoxy) is 1. The van der Waals surface area contributed by atoms with Gasteiger partial charge in [-0.15, -0.1) is 0 Å². The fourth-order valence-corrected chi connectivity index (χ4v) is 4.24. The van der Waals surface area contributed by atoms with Crippen LogP contribution in [-0.4, -0.2) is 68.1 Å². The van der Waals surface area contributed by atoms with E-state index in [1.165, 1.54) is 16.2 Å². The summed E-state index contributed by atoms with van der Waals surface area (Å²) in [6, 6.07) is 16.3. The third kappa shape index (κ3) is 4.21. The van der Waals surface area contributed by atoms with Crippen LogP contribution in [0.1, 0.15) is 16.7 Å². The first-order valence-corrected chi connectivity index (χ1v) is 10.7. The summed E-state index contributed by atoms with van der Waals surface area (Å²) in [6.45, 7) is 7.67. The Morgan fingerprint density at radius 2 is 1.52 bits per heavy atom. The lowest BCUT2D eigenvalue weighted by Crippen LogP contribution is -2.47. The molecule has 0 atom stereocenters. The van der Waals surface area contributed by atoms with Crippen LogP contribution in [0, 0.1) is 13.8 Å². The Hall–Kier alpha value is -3.12. The van der Waals surface area contributed by atoms with E-state index in [9.17, 15) is 9.59 Å². The number of benzene rings is 2. The molecule has 2 aliphatic heterocycles. The van der Waals surface area contributed by atoms with Crippen molar-refractivity contribution >= 4 is 23.1 Å². The predicted octanol–water partition coefficient (Wildman–Crippen LogP) is 2.85. The second-order valence-electron chi connectivity index (χ2n) is 8.16. The van der Waals surface area contributed by atoms with Gasteiger partial charge in [-0.05, 0) is 37.1 Å². The molecule has 0 spiro atoms. The number of carbonyl (C=O) groups is 2. The Balaban J connectivity index is 1.62. The van der Waals surface area contributed by atoms with Crippen LogP contribution >= 0.6 is 0 Å². The fourth-order valence-electron chi connectivity index (χ4n) is 4.24. The number of nitrogens with zero attached hydrogens (tertiary/aromatic N) is 3. The predicted molar refractivity (Wildman–Crippen MR) is 122 cm³/mol. The van der Waals surface area contributed by atoms with Crippen molar-refractivity contribution in [2.24, 2.45) is 0 Å². The molecular weight excluding hydrogens is 390 g/mol. The van der Waals surface area contributed by atoms with Gasteiger partial charge in [0.05, 0.1) is 18.7 Å². The highest BCUT2D eigenvalue weighted by atomic mass is 16.5. The highest BCUT2D eigenvalue weighted by Gasteiger charge is 2.41. The topological polar surface area (TPSA) is 53.1 Å². The number of anilines is 1. The maximum atomic E-state index is 13.3.